The number of piperidine rings is 1. The molecule has 0 aromatic heterocycles. The SMILES string of the molecule is CN1CCCC(CCN(C)C(=O)Cl)C1. The zero-order chi connectivity index (χ0) is 10.6. The van der Waals surface area contributed by atoms with E-state index < -0.39 is 0 Å². The summed E-state index contributed by atoms with van der Waals surface area (Å²) < 4.78 is 0. The number of nitrogens with zero attached hydrogens (tertiary/aromatic N) is 2. The van der Waals surface area contributed by atoms with E-state index in [-0.39, 0.29) is 5.37 Å². The summed E-state index contributed by atoms with van der Waals surface area (Å²) in [6, 6.07) is 0. The summed E-state index contributed by atoms with van der Waals surface area (Å²) in [4.78, 5) is 14.7. The van der Waals surface area contributed by atoms with Crippen LogP contribution >= 0.6 is 11.6 Å². The first kappa shape index (κ1) is 11.8. The lowest BCUT2D eigenvalue weighted by atomic mass is 9.95. The lowest BCUT2D eigenvalue weighted by molar-refractivity contribution is 0.188. The van der Waals surface area contributed by atoms with Gasteiger partial charge in [-0.1, -0.05) is 0 Å². The smallest absolute Gasteiger partial charge is 0.316 e. The average Bonchev–Trinajstić information content (AvgIpc) is 2.14. The Hall–Kier alpha value is -0.280. The van der Waals surface area contributed by atoms with Crippen molar-refractivity contribution >= 4 is 17.0 Å². The molecule has 0 saturated carbocycles. The van der Waals surface area contributed by atoms with Crippen LogP contribution in [-0.4, -0.2) is 48.9 Å². The van der Waals surface area contributed by atoms with Gasteiger partial charge in [-0.05, 0) is 50.4 Å². The molecule has 1 unspecified atom stereocenters. The number of halogens is 1. The summed E-state index contributed by atoms with van der Waals surface area (Å²) in [5.41, 5.74) is 0. The fourth-order valence-corrected chi connectivity index (χ4v) is 2.06. The summed E-state index contributed by atoms with van der Waals surface area (Å²) in [5.74, 6) is 0.729. The number of hydrogen-bond acceptors (Lipinski definition) is 2. The van der Waals surface area contributed by atoms with Gasteiger partial charge < -0.3 is 9.80 Å². The third kappa shape index (κ3) is 3.84. The Morgan fingerprint density at radius 3 is 2.93 bits per heavy atom. The third-order valence-corrected chi connectivity index (χ3v) is 3.18. The number of carbonyl (C=O) groups excluding carboxylic acids is 1. The highest BCUT2D eigenvalue weighted by atomic mass is 35.5. The van der Waals surface area contributed by atoms with Crippen LogP contribution < -0.4 is 0 Å². The largest absolute Gasteiger partial charge is 0.332 e. The van der Waals surface area contributed by atoms with Gasteiger partial charge in [0, 0.05) is 20.1 Å². The summed E-state index contributed by atoms with van der Waals surface area (Å²) in [5, 5.41) is -0.353. The number of likely N-dealkylation sites (tertiary alicyclic amines) is 1. The standard InChI is InChI=1S/C10H19ClN2O/c1-12-6-3-4-9(8-12)5-7-13(2)10(11)14/h9H,3-8H2,1-2H3. The number of amides is 1. The maximum absolute atomic E-state index is 10.8. The van der Waals surface area contributed by atoms with Crippen LogP contribution in [0.5, 0.6) is 0 Å². The molecular weight excluding hydrogens is 200 g/mol. The fraction of sp³-hybridized carbons (Fsp3) is 0.900. The van der Waals surface area contributed by atoms with Gasteiger partial charge in [-0.3, -0.25) is 4.79 Å². The number of rotatable bonds is 3. The first-order chi connectivity index (χ1) is 6.59. The van der Waals surface area contributed by atoms with Gasteiger partial charge in [0.2, 0.25) is 0 Å². The Morgan fingerprint density at radius 1 is 1.64 bits per heavy atom. The van der Waals surface area contributed by atoms with Crippen LogP contribution in [0.2, 0.25) is 0 Å². The van der Waals surface area contributed by atoms with Crippen LogP contribution in [-0.2, 0) is 0 Å². The van der Waals surface area contributed by atoms with Crippen LogP contribution in [0, 0.1) is 5.92 Å². The van der Waals surface area contributed by atoms with Gasteiger partial charge in [-0.2, -0.15) is 0 Å². The van der Waals surface area contributed by atoms with Gasteiger partial charge in [-0.25, -0.2) is 0 Å². The van der Waals surface area contributed by atoms with Crippen molar-refractivity contribution in [2.75, 3.05) is 33.7 Å². The normalized spacial score (nSPS) is 23.5. The molecule has 0 bridgehead atoms. The minimum Gasteiger partial charge on any atom is -0.332 e. The Balaban J connectivity index is 2.20. The topological polar surface area (TPSA) is 23.6 Å². The Bertz CT molecular complexity index is 199. The molecule has 0 aliphatic carbocycles. The maximum atomic E-state index is 10.8. The van der Waals surface area contributed by atoms with Crippen molar-refractivity contribution in [2.24, 2.45) is 5.92 Å². The van der Waals surface area contributed by atoms with Gasteiger partial charge in [0.15, 0.2) is 0 Å². The average molecular weight is 219 g/mol. The molecule has 1 rings (SSSR count). The summed E-state index contributed by atoms with van der Waals surface area (Å²) >= 11 is 5.35. The van der Waals surface area contributed by atoms with Crippen molar-refractivity contribution in [3.63, 3.8) is 0 Å². The summed E-state index contributed by atoms with van der Waals surface area (Å²) in [6.45, 7) is 3.14. The second-order valence-corrected chi connectivity index (χ2v) is 4.56. The molecule has 1 aliphatic heterocycles. The van der Waals surface area contributed by atoms with E-state index in [1.807, 2.05) is 0 Å². The zero-order valence-corrected chi connectivity index (χ0v) is 9.76. The molecular formula is C10H19ClN2O. The molecule has 0 N–H and O–H groups in total. The van der Waals surface area contributed by atoms with Gasteiger partial charge in [0.05, 0.1) is 0 Å². The number of hydrogen-bond donors (Lipinski definition) is 0. The first-order valence-electron chi connectivity index (χ1n) is 5.18. The molecule has 0 aromatic carbocycles. The second-order valence-electron chi connectivity index (χ2n) is 4.23. The minimum atomic E-state index is -0.353. The lowest BCUT2D eigenvalue weighted by Crippen LogP contribution is -2.34. The van der Waals surface area contributed by atoms with Crippen molar-refractivity contribution in [3.8, 4) is 0 Å². The van der Waals surface area contributed by atoms with E-state index >= 15 is 0 Å². The second kappa shape index (κ2) is 5.56. The monoisotopic (exact) mass is 218 g/mol. The predicted octanol–water partition coefficient (Wildman–Crippen LogP) is 2.01. The number of carbonyl (C=O) groups is 1. The molecule has 0 spiro atoms. The molecule has 14 heavy (non-hydrogen) atoms. The highest BCUT2D eigenvalue weighted by Crippen LogP contribution is 2.18. The summed E-state index contributed by atoms with van der Waals surface area (Å²) in [6.07, 6.45) is 3.63. The minimum absolute atomic E-state index is 0.353. The van der Waals surface area contributed by atoms with Crippen molar-refractivity contribution in [3.05, 3.63) is 0 Å². The quantitative estimate of drug-likeness (QED) is 0.535. The van der Waals surface area contributed by atoms with E-state index in [1.54, 1.807) is 11.9 Å². The van der Waals surface area contributed by atoms with Crippen molar-refractivity contribution < 1.29 is 4.79 Å². The fourth-order valence-electron chi connectivity index (χ4n) is 1.97. The van der Waals surface area contributed by atoms with Gasteiger partial charge >= 0.3 is 5.37 Å². The van der Waals surface area contributed by atoms with Crippen LogP contribution in [0.1, 0.15) is 19.3 Å². The van der Waals surface area contributed by atoms with Crippen molar-refractivity contribution in [2.45, 2.75) is 19.3 Å². The van der Waals surface area contributed by atoms with E-state index in [1.165, 1.54) is 19.4 Å². The van der Waals surface area contributed by atoms with Gasteiger partial charge in [0.25, 0.3) is 0 Å². The van der Waals surface area contributed by atoms with Gasteiger partial charge in [-0.15, -0.1) is 0 Å². The van der Waals surface area contributed by atoms with Crippen LogP contribution in [0.3, 0.4) is 0 Å². The highest BCUT2D eigenvalue weighted by Gasteiger charge is 2.17. The Labute approximate surface area is 91.0 Å². The molecule has 0 radical (unpaired) electrons. The molecule has 1 aliphatic rings. The molecule has 3 nitrogen and oxygen atoms in total. The van der Waals surface area contributed by atoms with Crippen molar-refractivity contribution in [1.82, 2.24) is 9.80 Å². The lowest BCUT2D eigenvalue weighted by Gasteiger charge is -2.30. The highest BCUT2D eigenvalue weighted by molar-refractivity contribution is 6.62. The van der Waals surface area contributed by atoms with E-state index in [4.69, 9.17) is 11.6 Å². The first-order valence-corrected chi connectivity index (χ1v) is 5.56. The Morgan fingerprint density at radius 2 is 2.36 bits per heavy atom. The Kier molecular flexibility index (Phi) is 4.69. The zero-order valence-electron chi connectivity index (χ0n) is 9.00. The molecule has 82 valence electrons. The molecule has 1 saturated heterocycles. The van der Waals surface area contributed by atoms with E-state index in [0.29, 0.717) is 0 Å². The van der Waals surface area contributed by atoms with Crippen LogP contribution in [0.4, 0.5) is 4.79 Å². The molecule has 1 amide bonds. The molecule has 4 heteroatoms. The van der Waals surface area contributed by atoms with Crippen LogP contribution in [0.15, 0.2) is 0 Å². The van der Waals surface area contributed by atoms with Crippen molar-refractivity contribution in [1.29, 1.82) is 0 Å². The molecule has 1 atom stereocenters. The van der Waals surface area contributed by atoms with E-state index in [9.17, 15) is 4.79 Å². The van der Waals surface area contributed by atoms with E-state index in [2.05, 4.69) is 11.9 Å². The van der Waals surface area contributed by atoms with Gasteiger partial charge in [0.1, 0.15) is 0 Å². The molecule has 1 fully saturated rings. The van der Waals surface area contributed by atoms with Crippen LogP contribution in [0.25, 0.3) is 0 Å². The summed E-state index contributed by atoms with van der Waals surface area (Å²) in [7, 11) is 3.91. The molecule has 0 aromatic rings. The third-order valence-electron chi connectivity index (χ3n) is 2.89. The maximum Gasteiger partial charge on any atom is 0.316 e. The molecule has 1 heterocycles. The van der Waals surface area contributed by atoms with E-state index in [0.717, 1.165) is 25.4 Å². The predicted molar refractivity (Wildman–Crippen MR) is 58.7 cm³/mol.